The van der Waals surface area contributed by atoms with E-state index in [4.69, 9.17) is 9.47 Å². The molecule has 0 saturated heterocycles. The SMILES string of the molecule is Cc1cccc(N(C(=O)c2ccccc2)C(C(=O)NC2CCCCC2)c2ccc(OCCCc3c4cc(C(C)(C)C)cc3Cc3cc(C(C)(C)C)cc(c3O)Cc3cc(C(C)(C)C)cc(c3CCCOc3ccc(C(C(=O)NC5CCCCC5)N(C(=O)c5ccccc5)c5cccc(C)c5)cc3)Cc3cc(C(C)(C)C)cc(c3O)C4)cc2)c1. The minimum absolute atomic E-state index is 0.0197. The Hall–Kier alpha value is -10.7. The number of ether oxygens (including phenoxy) is 2. The van der Waals surface area contributed by atoms with E-state index in [0.717, 1.165) is 142 Å². The summed E-state index contributed by atoms with van der Waals surface area (Å²) in [4.78, 5) is 63.1. The number of phenols is 2. The molecule has 12 nitrogen and oxygen atoms in total. The predicted octanol–water partition coefficient (Wildman–Crippen LogP) is 23.3. The van der Waals surface area contributed by atoms with E-state index in [9.17, 15) is 29.4 Å². The summed E-state index contributed by atoms with van der Waals surface area (Å²) in [5.74, 6) is 0.895. The number of hydrogen-bond acceptors (Lipinski definition) is 8. The van der Waals surface area contributed by atoms with Crippen molar-refractivity contribution < 1.29 is 38.9 Å². The van der Waals surface area contributed by atoms with Crippen molar-refractivity contribution in [1.29, 1.82) is 0 Å². The normalized spacial score (nSPS) is 14.8. The van der Waals surface area contributed by atoms with Crippen LogP contribution in [-0.4, -0.2) is 59.1 Å². The Morgan fingerprint density at radius 3 is 0.958 bits per heavy atom. The summed E-state index contributed by atoms with van der Waals surface area (Å²) in [6, 6.07) is 65.9. The van der Waals surface area contributed by atoms with Crippen molar-refractivity contribution in [2.75, 3.05) is 23.0 Å². The fraction of sp³-hybridized carbons (Fsp3) is 0.396. The lowest BCUT2D eigenvalue weighted by atomic mass is 9.77. The Bertz CT molecular complexity index is 4780. The van der Waals surface area contributed by atoms with E-state index in [1.54, 1.807) is 34.1 Å². The molecule has 3 aliphatic rings. The molecule has 0 radical (unpaired) electrons. The monoisotopic (exact) mass is 1580 g/mol. The number of hydrogen-bond donors (Lipinski definition) is 4. The average Bonchev–Trinajstić information content (AvgIpc) is 0.764. The van der Waals surface area contributed by atoms with Crippen LogP contribution in [0.4, 0.5) is 11.4 Å². The van der Waals surface area contributed by atoms with Gasteiger partial charge in [0.15, 0.2) is 0 Å². The molecule has 2 fully saturated rings. The highest BCUT2D eigenvalue weighted by atomic mass is 16.5. The topological polar surface area (TPSA) is 158 Å². The van der Waals surface area contributed by atoms with Gasteiger partial charge >= 0.3 is 0 Å². The van der Waals surface area contributed by atoms with Gasteiger partial charge in [0.25, 0.3) is 11.8 Å². The van der Waals surface area contributed by atoms with Crippen LogP contribution < -0.4 is 29.9 Å². The smallest absolute Gasteiger partial charge is 0.259 e. The zero-order chi connectivity index (χ0) is 83.8. The molecule has 3 aliphatic carbocycles. The maximum atomic E-state index is 15.0. The van der Waals surface area contributed by atoms with Gasteiger partial charge in [0.05, 0.1) is 13.2 Å². The highest BCUT2D eigenvalue weighted by Gasteiger charge is 2.38. The van der Waals surface area contributed by atoms with Crippen molar-refractivity contribution in [2.24, 2.45) is 0 Å². The Morgan fingerprint density at radius 2 is 0.669 bits per heavy atom. The Labute approximate surface area is 702 Å². The summed E-state index contributed by atoms with van der Waals surface area (Å²) in [6.45, 7) is 31.8. The Kier molecular flexibility index (Phi) is 26.5. The molecule has 2 saturated carbocycles. The van der Waals surface area contributed by atoms with Crippen LogP contribution in [0.2, 0.25) is 0 Å². The lowest BCUT2D eigenvalue weighted by Gasteiger charge is -2.33. The number of rotatable bonds is 22. The van der Waals surface area contributed by atoms with Crippen LogP contribution in [0.3, 0.4) is 0 Å². The van der Waals surface area contributed by atoms with E-state index in [1.807, 2.05) is 147 Å². The summed E-state index contributed by atoms with van der Waals surface area (Å²) >= 11 is 0. The molecule has 13 rings (SSSR count). The summed E-state index contributed by atoms with van der Waals surface area (Å²) in [5, 5.41) is 33.4. The predicted molar refractivity (Wildman–Crippen MR) is 480 cm³/mol. The number of anilines is 2. The van der Waals surface area contributed by atoms with Gasteiger partial charge in [0, 0.05) is 60.3 Å². The maximum absolute atomic E-state index is 15.0. The van der Waals surface area contributed by atoms with Crippen LogP contribution in [-0.2, 0) is 69.8 Å². The molecule has 616 valence electrons. The third-order valence-electron chi connectivity index (χ3n) is 24.4. The van der Waals surface area contributed by atoms with Crippen LogP contribution in [0.15, 0.2) is 206 Å². The van der Waals surface area contributed by atoms with E-state index < -0.39 is 12.1 Å². The summed E-state index contributed by atoms with van der Waals surface area (Å²) in [6.07, 6.45) is 14.5. The molecule has 0 spiro atoms. The third kappa shape index (κ3) is 20.7. The van der Waals surface area contributed by atoms with Gasteiger partial charge in [-0.15, -0.1) is 0 Å². The Balaban J connectivity index is 0.829. The molecule has 10 aromatic carbocycles. The second-order valence-electron chi connectivity index (χ2n) is 37.8. The van der Waals surface area contributed by atoms with Crippen LogP contribution >= 0.6 is 0 Å². The second-order valence-corrected chi connectivity index (χ2v) is 37.8. The number of aromatic hydroxyl groups is 2. The fourth-order valence-corrected chi connectivity index (χ4v) is 17.5. The van der Waals surface area contributed by atoms with E-state index in [2.05, 4.69) is 142 Å². The Morgan fingerprint density at radius 1 is 0.373 bits per heavy atom. The number of nitrogens with one attached hydrogen (secondary N) is 2. The number of fused-ring (bicyclic) bond motifs is 8. The molecule has 4 amide bonds. The van der Waals surface area contributed by atoms with Crippen molar-refractivity contribution in [3.63, 3.8) is 0 Å². The van der Waals surface area contributed by atoms with Crippen molar-refractivity contribution in [2.45, 2.75) is 258 Å². The lowest BCUT2D eigenvalue weighted by molar-refractivity contribution is -0.124. The van der Waals surface area contributed by atoms with Gasteiger partial charge in [-0.25, -0.2) is 0 Å². The maximum Gasteiger partial charge on any atom is 0.259 e. The number of nitrogens with zero attached hydrogens (tertiary/aromatic N) is 2. The van der Waals surface area contributed by atoms with Gasteiger partial charge in [0.1, 0.15) is 35.1 Å². The molecule has 0 aromatic heterocycles. The number of amides is 4. The molecule has 118 heavy (non-hydrogen) atoms. The van der Waals surface area contributed by atoms with Gasteiger partial charge in [-0.1, -0.05) is 255 Å². The first-order chi connectivity index (χ1) is 56.3. The zero-order valence-corrected chi connectivity index (χ0v) is 72.3. The van der Waals surface area contributed by atoms with Crippen LogP contribution in [0.5, 0.6) is 23.0 Å². The highest BCUT2D eigenvalue weighted by Crippen LogP contribution is 2.44. The molecule has 8 bridgehead atoms. The quantitative estimate of drug-likeness (QED) is 0.0489. The van der Waals surface area contributed by atoms with Gasteiger partial charge in [-0.2, -0.15) is 0 Å². The fourth-order valence-electron chi connectivity index (χ4n) is 17.5. The van der Waals surface area contributed by atoms with E-state index in [-0.39, 0.29) is 57.4 Å². The number of carbonyl (C=O) groups is 4. The zero-order valence-electron chi connectivity index (χ0n) is 72.3. The molecular weight excluding hydrogens is 1460 g/mol. The summed E-state index contributed by atoms with van der Waals surface area (Å²) in [7, 11) is 0. The minimum atomic E-state index is -0.973. The van der Waals surface area contributed by atoms with E-state index in [0.29, 0.717) is 121 Å². The molecular formula is C106H124N4O8. The van der Waals surface area contributed by atoms with Crippen LogP contribution in [0.25, 0.3) is 0 Å². The number of aryl methyl sites for hydroxylation is 2. The van der Waals surface area contributed by atoms with Crippen molar-refractivity contribution >= 4 is 35.0 Å². The first kappa shape index (κ1) is 85.2. The minimum Gasteiger partial charge on any atom is -0.507 e. The van der Waals surface area contributed by atoms with Gasteiger partial charge in [0.2, 0.25) is 11.8 Å². The molecule has 4 N–H and O–H groups in total. The number of benzene rings is 10. The van der Waals surface area contributed by atoms with Crippen molar-refractivity contribution in [1.82, 2.24) is 10.6 Å². The lowest BCUT2D eigenvalue weighted by Crippen LogP contribution is -2.47. The van der Waals surface area contributed by atoms with Gasteiger partial charge in [-0.3, -0.25) is 29.0 Å². The molecule has 2 atom stereocenters. The van der Waals surface area contributed by atoms with Crippen LogP contribution in [0.1, 0.15) is 293 Å². The van der Waals surface area contributed by atoms with E-state index >= 15 is 0 Å². The van der Waals surface area contributed by atoms with Crippen molar-refractivity contribution in [3.8, 4) is 23.0 Å². The molecule has 0 aliphatic heterocycles. The third-order valence-corrected chi connectivity index (χ3v) is 24.4. The first-order valence-electron chi connectivity index (χ1n) is 43.3. The highest BCUT2D eigenvalue weighted by molar-refractivity contribution is 6.11. The van der Waals surface area contributed by atoms with Crippen molar-refractivity contribution in [3.05, 3.63) is 318 Å². The summed E-state index contributed by atoms with van der Waals surface area (Å²) < 4.78 is 13.5. The number of carbonyl (C=O) groups excluding carboxylic acids is 4. The summed E-state index contributed by atoms with van der Waals surface area (Å²) in [5.41, 5.74) is 19.3. The molecule has 2 unspecified atom stereocenters. The second kappa shape index (κ2) is 36.7. The van der Waals surface area contributed by atoms with Gasteiger partial charge in [-0.05, 0) is 260 Å². The van der Waals surface area contributed by atoms with Gasteiger partial charge < -0.3 is 30.3 Å². The van der Waals surface area contributed by atoms with E-state index in [1.165, 1.54) is 11.1 Å². The number of phenolic OH excluding ortho intramolecular Hbond substituents is 2. The molecule has 10 aromatic rings. The first-order valence-corrected chi connectivity index (χ1v) is 43.3. The van der Waals surface area contributed by atoms with Crippen LogP contribution in [0, 0.1) is 13.8 Å². The molecule has 12 heteroatoms. The standard InChI is InChI=1S/C106H124N4O8/c1-69-31-27-41-89(55-69)109(101(115)73-33-19-15-20-34-73)95(99(113)107-87-37-23-17-24-38-87)71-45-49-91(50-46-71)117-53-29-43-93-75-57-79-65-85(105(9,10)11)67-81(97(79)111)59-77-63-84(104(6,7)8)64-78(60-82-68-86(106(12,13)14)66-80(98(82)112)58-76(93)62-83(61-75)103(3,4)5)94(77)44-30-54-118-92-51-47-72(48-52-92)96(100(114)108-88-39-25-18-26-40-88)110(90-42-28-32-70(2)56-90)102(116)74-35-21-16-22-36-74/h15-16,19-22,27-28,31-36,41-42,45-52,55-56,61-68,87-88,95-96,111-112H,17-18,23-26,29-30,37-40,43-44,53-54,57-60H2,1-14H3,(H,107,113)(H,108,114). The molecule has 0 heterocycles. The average molecular weight is 1580 g/mol. The largest absolute Gasteiger partial charge is 0.507 e.